The maximum Gasteiger partial charge on any atom is 0.338 e. The van der Waals surface area contributed by atoms with Crippen LogP contribution in [0.3, 0.4) is 0 Å². The average Bonchev–Trinajstić information content (AvgIpc) is 3.14. The highest BCUT2D eigenvalue weighted by atomic mass is 16.5. The number of hydrogen-bond acceptors (Lipinski definition) is 5. The Morgan fingerprint density at radius 2 is 1.79 bits per heavy atom. The fourth-order valence-electron chi connectivity index (χ4n) is 3.10. The topological polar surface area (TPSA) is 97.5 Å². The van der Waals surface area contributed by atoms with Crippen LogP contribution in [-0.2, 0) is 25.5 Å². The van der Waals surface area contributed by atoms with E-state index in [0.717, 1.165) is 22.0 Å². The van der Waals surface area contributed by atoms with Gasteiger partial charge in [-0.2, -0.15) is 0 Å². The number of amides is 1. The number of para-hydroxylation sites is 1. The van der Waals surface area contributed by atoms with E-state index in [2.05, 4.69) is 10.3 Å². The van der Waals surface area contributed by atoms with Crippen LogP contribution in [0.2, 0.25) is 0 Å². The quantitative estimate of drug-likeness (QED) is 0.600. The van der Waals surface area contributed by atoms with Gasteiger partial charge in [0.2, 0.25) is 0 Å². The predicted molar refractivity (Wildman–Crippen MR) is 107 cm³/mol. The molecule has 0 unspecified atom stereocenters. The molecule has 0 spiro atoms. The van der Waals surface area contributed by atoms with Crippen LogP contribution >= 0.6 is 0 Å². The Labute approximate surface area is 168 Å². The molecule has 2 aromatic carbocycles. The molecule has 3 aromatic rings. The van der Waals surface area contributed by atoms with Crippen LogP contribution in [0.15, 0.2) is 54.7 Å². The van der Waals surface area contributed by atoms with Crippen LogP contribution in [0, 0.1) is 6.92 Å². The Morgan fingerprint density at radius 1 is 1.07 bits per heavy atom. The summed E-state index contributed by atoms with van der Waals surface area (Å²) in [7, 11) is 1.26. The van der Waals surface area contributed by atoms with Crippen LogP contribution in [0.4, 0.5) is 0 Å². The number of aromatic nitrogens is 1. The molecule has 0 bridgehead atoms. The summed E-state index contributed by atoms with van der Waals surface area (Å²) in [6.45, 7) is 1.29. The lowest BCUT2D eigenvalue weighted by Gasteiger charge is -2.16. The first kappa shape index (κ1) is 20.1. The van der Waals surface area contributed by atoms with E-state index in [9.17, 15) is 14.4 Å². The van der Waals surface area contributed by atoms with Gasteiger partial charge in [-0.1, -0.05) is 36.4 Å². The van der Waals surface area contributed by atoms with Gasteiger partial charge in [-0.3, -0.25) is 4.79 Å². The van der Waals surface area contributed by atoms with Crippen molar-refractivity contribution in [1.29, 1.82) is 0 Å². The molecule has 0 fully saturated rings. The van der Waals surface area contributed by atoms with Crippen molar-refractivity contribution in [3.05, 3.63) is 71.4 Å². The van der Waals surface area contributed by atoms with Crippen LogP contribution < -0.4 is 5.32 Å². The number of esters is 2. The fourth-order valence-corrected chi connectivity index (χ4v) is 3.10. The lowest BCUT2D eigenvalue weighted by molar-refractivity contribution is -0.145. The van der Waals surface area contributed by atoms with E-state index in [-0.39, 0.29) is 6.42 Å². The minimum Gasteiger partial charge on any atom is -0.467 e. The SMILES string of the molecule is COC(=O)[C@H](Cc1c[nH]c2ccccc12)NC(=O)COC(=O)c1ccccc1C. The first-order chi connectivity index (χ1) is 14.0. The molecular formula is C22H22N2O5. The molecule has 0 aliphatic heterocycles. The molecule has 1 atom stereocenters. The van der Waals surface area contributed by atoms with E-state index in [4.69, 9.17) is 9.47 Å². The number of fused-ring (bicyclic) bond motifs is 1. The van der Waals surface area contributed by atoms with Gasteiger partial charge in [0.1, 0.15) is 6.04 Å². The van der Waals surface area contributed by atoms with Gasteiger partial charge in [-0.25, -0.2) is 9.59 Å². The normalized spacial score (nSPS) is 11.7. The number of methoxy groups -OCH3 is 1. The second-order valence-corrected chi connectivity index (χ2v) is 6.60. The summed E-state index contributed by atoms with van der Waals surface area (Å²) in [5.41, 5.74) is 2.95. The van der Waals surface area contributed by atoms with Crippen molar-refractivity contribution in [1.82, 2.24) is 10.3 Å². The van der Waals surface area contributed by atoms with E-state index in [1.54, 1.807) is 31.3 Å². The maximum absolute atomic E-state index is 12.3. The number of benzene rings is 2. The van der Waals surface area contributed by atoms with E-state index in [1.165, 1.54) is 7.11 Å². The number of nitrogens with one attached hydrogen (secondary N) is 2. The number of carbonyl (C=O) groups is 3. The van der Waals surface area contributed by atoms with Gasteiger partial charge in [0.05, 0.1) is 12.7 Å². The zero-order valence-corrected chi connectivity index (χ0v) is 16.2. The van der Waals surface area contributed by atoms with Gasteiger partial charge in [0.15, 0.2) is 6.61 Å². The van der Waals surface area contributed by atoms with Gasteiger partial charge in [0.25, 0.3) is 5.91 Å². The highest BCUT2D eigenvalue weighted by molar-refractivity contribution is 5.93. The minimum absolute atomic E-state index is 0.244. The summed E-state index contributed by atoms with van der Waals surface area (Å²) < 4.78 is 9.89. The average molecular weight is 394 g/mol. The highest BCUT2D eigenvalue weighted by Gasteiger charge is 2.24. The van der Waals surface area contributed by atoms with Crippen LogP contribution in [-0.4, -0.2) is 42.6 Å². The number of ether oxygens (including phenoxy) is 2. The third-order valence-corrected chi connectivity index (χ3v) is 4.62. The second-order valence-electron chi connectivity index (χ2n) is 6.60. The largest absolute Gasteiger partial charge is 0.467 e. The summed E-state index contributed by atoms with van der Waals surface area (Å²) >= 11 is 0. The molecule has 7 nitrogen and oxygen atoms in total. The second kappa shape index (κ2) is 9.05. The summed E-state index contributed by atoms with van der Waals surface area (Å²) in [6, 6.07) is 13.7. The number of rotatable bonds is 7. The summed E-state index contributed by atoms with van der Waals surface area (Å²) in [6.07, 6.45) is 2.04. The van der Waals surface area contributed by atoms with E-state index < -0.39 is 30.5 Å². The van der Waals surface area contributed by atoms with Crippen molar-refractivity contribution >= 4 is 28.7 Å². The number of H-pyrrole nitrogens is 1. The van der Waals surface area contributed by atoms with Crippen molar-refractivity contribution in [2.75, 3.05) is 13.7 Å². The van der Waals surface area contributed by atoms with Gasteiger partial charge >= 0.3 is 11.9 Å². The van der Waals surface area contributed by atoms with E-state index in [0.29, 0.717) is 5.56 Å². The third kappa shape index (κ3) is 4.82. The predicted octanol–water partition coefficient (Wildman–Crippen LogP) is 2.53. The zero-order valence-electron chi connectivity index (χ0n) is 16.2. The monoisotopic (exact) mass is 394 g/mol. The van der Waals surface area contributed by atoms with Crippen molar-refractivity contribution in [3.8, 4) is 0 Å². The fraction of sp³-hybridized carbons (Fsp3) is 0.227. The Bertz CT molecular complexity index is 1040. The Balaban J connectivity index is 1.64. The van der Waals surface area contributed by atoms with Crippen LogP contribution in [0.1, 0.15) is 21.5 Å². The molecule has 1 amide bonds. The Hall–Kier alpha value is -3.61. The van der Waals surface area contributed by atoms with Crippen LogP contribution in [0.25, 0.3) is 10.9 Å². The number of aryl methyl sites for hydroxylation is 1. The van der Waals surface area contributed by atoms with Crippen molar-refractivity contribution < 1.29 is 23.9 Å². The first-order valence-corrected chi connectivity index (χ1v) is 9.14. The van der Waals surface area contributed by atoms with Crippen molar-refractivity contribution in [2.45, 2.75) is 19.4 Å². The number of carbonyl (C=O) groups excluding carboxylic acids is 3. The molecule has 0 radical (unpaired) electrons. The van der Waals surface area contributed by atoms with Gasteiger partial charge in [0, 0.05) is 23.5 Å². The first-order valence-electron chi connectivity index (χ1n) is 9.14. The van der Waals surface area contributed by atoms with Crippen molar-refractivity contribution in [2.24, 2.45) is 0 Å². The molecule has 29 heavy (non-hydrogen) atoms. The smallest absolute Gasteiger partial charge is 0.338 e. The Morgan fingerprint density at radius 3 is 2.55 bits per heavy atom. The highest BCUT2D eigenvalue weighted by Crippen LogP contribution is 2.19. The van der Waals surface area contributed by atoms with E-state index in [1.807, 2.05) is 30.3 Å². The third-order valence-electron chi connectivity index (χ3n) is 4.62. The van der Waals surface area contributed by atoms with Crippen molar-refractivity contribution in [3.63, 3.8) is 0 Å². The van der Waals surface area contributed by atoms with Crippen LogP contribution in [0.5, 0.6) is 0 Å². The number of hydrogen-bond donors (Lipinski definition) is 2. The van der Waals surface area contributed by atoms with Gasteiger partial charge in [-0.05, 0) is 30.2 Å². The molecule has 3 rings (SSSR count). The molecule has 0 aliphatic carbocycles. The summed E-state index contributed by atoms with van der Waals surface area (Å²) in [5, 5.41) is 3.55. The molecule has 1 aromatic heterocycles. The molecule has 0 aliphatic rings. The molecular weight excluding hydrogens is 372 g/mol. The zero-order chi connectivity index (χ0) is 20.8. The molecule has 2 N–H and O–H groups in total. The Kier molecular flexibility index (Phi) is 6.29. The maximum atomic E-state index is 12.3. The lowest BCUT2D eigenvalue weighted by Crippen LogP contribution is -2.44. The molecule has 7 heteroatoms. The standard InChI is InChI=1S/C22H22N2O5/c1-14-7-3-4-8-16(14)21(26)29-13-20(25)24-19(22(27)28-2)11-15-12-23-18-10-6-5-9-17(15)18/h3-10,12,19,23H,11,13H2,1-2H3,(H,24,25)/t19-/m0/s1. The molecule has 0 saturated carbocycles. The summed E-state index contributed by atoms with van der Waals surface area (Å²) in [5.74, 6) is -1.75. The van der Waals surface area contributed by atoms with Gasteiger partial charge < -0.3 is 19.8 Å². The van der Waals surface area contributed by atoms with E-state index >= 15 is 0 Å². The van der Waals surface area contributed by atoms with Gasteiger partial charge in [-0.15, -0.1) is 0 Å². The lowest BCUT2D eigenvalue weighted by atomic mass is 10.0. The number of aromatic amines is 1. The minimum atomic E-state index is -0.899. The molecule has 0 saturated heterocycles. The molecule has 150 valence electrons. The molecule has 1 heterocycles. The summed E-state index contributed by atoms with van der Waals surface area (Å²) in [4.78, 5) is 39.7.